The van der Waals surface area contributed by atoms with Crippen molar-refractivity contribution < 1.29 is 5.11 Å². The van der Waals surface area contributed by atoms with Gasteiger partial charge in [-0.3, -0.25) is 4.90 Å². The van der Waals surface area contributed by atoms with Crippen LogP contribution in [-0.4, -0.2) is 46.8 Å². The zero-order chi connectivity index (χ0) is 13.3. The van der Waals surface area contributed by atoms with Gasteiger partial charge in [-0.25, -0.2) is 0 Å². The number of hydrogen-bond acceptors (Lipinski definition) is 3. The zero-order valence-electron chi connectivity index (χ0n) is 12.4. The molecule has 0 radical (unpaired) electrons. The Morgan fingerprint density at radius 1 is 1.39 bits per heavy atom. The summed E-state index contributed by atoms with van der Waals surface area (Å²) < 4.78 is 0. The average Bonchev–Trinajstić information content (AvgIpc) is 2.82. The Morgan fingerprint density at radius 3 is 2.61 bits per heavy atom. The molecule has 1 saturated carbocycles. The Labute approximate surface area is 112 Å². The monoisotopic (exact) mass is 254 g/mol. The number of nitrogens with one attached hydrogen (secondary N) is 1. The van der Waals surface area contributed by atoms with Crippen LogP contribution >= 0.6 is 0 Å². The van der Waals surface area contributed by atoms with Gasteiger partial charge in [0, 0.05) is 30.2 Å². The van der Waals surface area contributed by atoms with Crippen molar-refractivity contribution in [1.82, 2.24) is 10.2 Å². The van der Waals surface area contributed by atoms with Crippen LogP contribution in [0.15, 0.2) is 0 Å². The fraction of sp³-hybridized carbons (Fsp3) is 1.00. The third kappa shape index (κ3) is 2.89. The molecule has 0 aromatic rings. The van der Waals surface area contributed by atoms with Gasteiger partial charge < -0.3 is 10.4 Å². The molecule has 18 heavy (non-hydrogen) atoms. The minimum Gasteiger partial charge on any atom is -0.394 e. The molecule has 4 unspecified atom stereocenters. The van der Waals surface area contributed by atoms with Gasteiger partial charge in [-0.05, 0) is 38.5 Å². The normalized spacial score (nSPS) is 42.0. The van der Waals surface area contributed by atoms with E-state index in [0.29, 0.717) is 12.1 Å². The topological polar surface area (TPSA) is 35.5 Å². The Hall–Kier alpha value is -0.120. The molecule has 2 N–H and O–H groups in total. The summed E-state index contributed by atoms with van der Waals surface area (Å²) in [5.41, 5.74) is -0.0234. The summed E-state index contributed by atoms with van der Waals surface area (Å²) in [5, 5.41) is 13.4. The Bertz CT molecular complexity index is 282. The largest absolute Gasteiger partial charge is 0.394 e. The van der Waals surface area contributed by atoms with Gasteiger partial charge in [0.15, 0.2) is 0 Å². The van der Waals surface area contributed by atoms with Crippen molar-refractivity contribution in [3.05, 3.63) is 0 Å². The lowest BCUT2D eigenvalue weighted by Crippen LogP contribution is -2.51. The lowest BCUT2D eigenvalue weighted by Gasteiger charge is -2.33. The van der Waals surface area contributed by atoms with E-state index in [1.165, 1.54) is 19.4 Å². The molecule has 0 spiro atoms. The molecular weight excluding hydrogens is 224 g/mol. The van der Waals surface area contributed by atoms with E-state index in [4.69, 9.17) is 0 Å². The van der Waals surface area contributed by atoms with Gasteiger partial charge in [0.25, 0.3) is 0 Å². The Morgan fingerprint density at radius 2 is 2.11 bits per heavy atom. The number of rotatable bonds is 4. The number of aliphatic hydroxyl groups is 1. The highest BCUT2D eigenvalue weighted by molar-refractivity contribution is 5.02. The lowest BCUT2D eigenvalue weighted by molar-refractivity contribution is 0.132. The van der Waals surface area contributed by atoms with Crippen LogP contribution < -0.4 is 5.32 Å². The van der Waals surface area contributed by atoms with Crippen molar-refractivity contribution in [1.29, 1.82) is 0 Å². The van der Waals surface area contributed by atoms with Crippen LogP contribution in [0.25, 0.3) is 0 Å². The highest BCUT2D eigenvalue weighted by Crippen LogP contribution is 2.37. The summed E-state index contributed by atoms with van der Waals surface area (Å²) in [5.74, 6) is 0.835. The van der Waals surface area contributed by atoms with Crippen LogP contribution in [0.5, 0.6) is 0 Å². The van der Waals surface area contributed by atoms with E-state index in [2.05, 4.69) is 37.9 Å². The van der Waals surface area contributed by atoms with E-state index >= 15 is 0 Å². The summed E-state index contributed by atoms with van der Waals surface area (Å²) in [6.45, 7) is 10.6. The molecular formula is C15H30N2O. The van der Waals surface area contributed by atoms with Crippen molar-refractivity contribution in [3.63, 3.8) is 0 Å². The SMILES string of the molecule is CC1CC(C)N(C2CCC(CO)(NC(C)C)C2)C1. The number of nitrogens with zero attached hydrogens (tertiary/aromatic N) is 1. The maximum atomic E-state index is 9.76. The van der Waals surface area contributed by atoms with E-state index in [0.717, 1.165) is 24.8 Å². The van der Waals surface area contributed by atoms with E-state index in [1.807, 2.05) is 0 Å². The summed E-state index contributed by atoms with van der Waals surface area (Å²) >= 11 is 0. The van der Waals surface area contributed by atoms with Gasteiger partial charge in [-0.2, -0.15) is 0 Å². The van der Waals surface area contributed by atoms with Crippen molar-refractivity contribution in [2.45, 2.75) is 77.0 Å². The summed E-state index contributed by atoms with van der Waals surface area (Å²) in [6.07, 6.45) is 4.79. The minimum absolute atomic E-state index is 0.0234. The lowest BCUT2D eigenvalue weighted by atomic mass is 9.97. The van der Waals surface area contributed by atoms with Crippen molar-refractivity contribution in [2.24, 2.45) is 5.92 Å². The van der Waals surface area contributed by atoms with Gasteiger partial charge >= 0.3 is 0 Å². The molecule has 2 aliphatic rings. The molecule has 1 heterocycles. The van der Waals surface area contributed by atoms with Crippen LogP contribution in [0.1, 0.15) is 53.4 Å². The van der Waals surface area contributed by atoms with E-state index in [1.54, 1.807) is 0 Å². The molecule has 106 valence electrons. The molecule has 1 aliphatic carbocycles. The second-order valence-electron chi connectivity index (χ2n) is 7.02. The summed E-state index contributed by atoms with van der Waals surface area (Å²) in [7, 11) is 0. The second-order valence-corrected chi connectivity index (χ2v) is 7.02. The molecule has 2 rings (SSSR count). The molecule has 3 nitrogen and oxygen atoms in total. The van der Waals surface area contributed by atoms with Crippen LogP contribution in [0.3, 0.4) is 0 Å². The van der Waals surface area contributed by atoms with Crippen molar-refractivity contribution in [2.75, 3.05) is 13.2 Å². The highest BCUT2D eigenvalue weighted by atomic mass is 16.3. The molecule has 1 aliphatic heterocycles. The Kier molecular flexibility index (Phi) is 4.35. The van der Waals surface area contributed by atoms with Crippen LogP contribution in [0.4, 0.5) is 0 Å². The van der Waals surface area contributed by atoms with Crippen LogP contribution in [0.2, 0.25) is 0 Å². The van der Waals surface area contributed by atoms with Gasteiger partial charge in [-0.15, -0.1) is 0 Å². The molecule has 1 saturated heterocycles. The number of aliphatic hydroxyl groups excluding tert-OH is 1. The summed E-state index contributed by atoms with van der Waals surface area (Å²) in [4.78, 5) is 2.68. The van der Waals surface area contributed by atoms with Crippen molar-refractivity contribution >= 4 is 0 Å². The first-order valence-electron chi connectivity index (χ1n) is 7.60. The Balaban J connectivity index is 1.98. The van der Waals surface area contributed by atoms with Gasteiger partial charge in [-0.1, -0.05) is 20.8 Å². The van der Waals surface area contributed by atoms with E-state index < -0.39 is 0 Å². The first-order valence-corrected chi connectivity index (χ1v) is 7.60. The average molecular weight is 254 g/mol. The quantitative estimate of drug-likeness (QED) is 0.805. The fourth-order valence-electron chi connectivity index (χ4n) is 4.15. The number of hydrogen-bond donors (Lipinski definition) is 2. The predicted octanol–water partition coefficient (Wildman–Crippen LogP) is 2.00. The third-order valence-electron chi connectivity index (χ3n) is 4.78. The molecule has 3 heteroatoms. The molecule has 0 aromatic heterocycles. The smallest absolute Gasteiger partial charge is 0.0614 e. The first kappa shape index (κ1) is 14.3. The highest BCUT2D eigenvalue weighted by Gasteiger charge is 2.43. The van der Waals surface area contributed by atoms with Crippen LogP contribution in [0, 0.1) is 5.92 Å². The van der Waals surface area contributed by atoms with Gasteiger partial charge in [0.1, 0.15) is 0 Å². The first-order chi connectivity index (χ1) is 8.46. The van der Waals surface area contributed by atoms with Crippen molar-refractivity contribution in [3.8, 4) is 0 Å². The molecule has 2 fully saturated rings. The predicted molar refractivity (Wildman–Crippen MR) is 75.7 cm³/mol. The maximum Gasteiger partial charge on any atom is 0.0614 e. The van der Waals surface area contributed by atoms with E-state index in [9.17, 15) is 5.11 Å². The number of likely N-dealkylation sites (tertiary alicyclic amines) is 1. The van der Waals surface area contributed by atoms with E-state index in [-0.39, 0.29) is 12.1 Å². The minimum atomic E-state index is -0.0234. The van der Waals surface area contributed by atoms with Gasteiger partial charge in [0.05, 0.1) is 6.61 Å². The van der Waals surface area contributed by atoms with Crippen LogP contribution in [-0.2, 0) is 0 Å². The fourth-order valence-corrected chi connectivity index (χ4v) is 4.15. The maximum absolute atomic E-state index is 9.76. The summed E-state index contributed by atoms with van der Waals surface area (Å²) in [6, 6.07) is 1.84. The molecule has 0 amide bonds. The van der Waals surface area contributed by atoms with Gasteiger partial charge in [0.2, 0.25) is 0 Å². The molecule has 0 aromatic carbocycles. The molecule has 0 bridgehead atoms. The zero-order valence-corrected chi connectivity index (χ0v) is 12.4. The third-order valence-corrected chi connectivity index (χ3v) is 4.78. The molecule has 4 atom stereocenters. The second kappa shape index (κ2) is 5.48. The standard InChI is InChI=1S/C15H30N2O/c1-11(2)16-15(10-18)6-5-14(8-15)17-9-12(3)7-13(17)4/h11-14,16,18H,5-10H2,1-4H3.